The predicted molar refractivity (Wildman–Crippen MR) is 51.2 cm³/mol. The van der Waals surface area contributed by atoms with Gasteiger partial charge >= 0.3 is 0 Å². The second kappa shape index (κ2) is 2.76. The molecule has 1 aromatic carbocycles. The summed E-state index contributed by atoms with van der Waals surface area (Å²) in [6, 6.07) is 9.55. The van der Waals surface area contributed by atoms with Crippen molar-refractivity contribution in [3.05, 3.63) is 48.0 Å². The highest BCUT2D eigenvalue weighted by molar-refractivity contribution is 6.29. The van der Waals surface area contributed by atoms with Crippen LogP contribution in [0.15, 0.2) is 30.3 Å². The number of fused-ring (bicyclic) bond motifs is 1. The number of pyridine rings is 1. The zero-order chi connectivity index (χ0) is 8.55. The van der Waals surface area contributed by atoms with Gasteiger partial charge in [0, 0.05) is 5.39 Å². The van der Waals surface area contributed by atoms with Gasteiger partial charge in [-0.25, -0.2) is 4.98 Å². The summed E-state index contributed by atoms with van der Waals surface area (Å²) in [4.78, 5) is 4.15. The van der Waals surface area contributed by atoms with Crippen LogP contribution in [-0.2, 0) is 0 Å². The standard InChI is InChI=1S/C10H7ClN/c1-7-2-4-9-8(6-7)3-5-10(11)12-9/h2-6H,1H2. The molecule has 1 nitrogen and oxygen atoms in total. The molecule has 0 unspecified atom stereocenters. The van der Waals surface area contributed by atoms with Gasteiger partial charge in [0.25, 0.3) is 0 Å². The van der Waals surface area contributed by atoms with E-state index in [0.717, 1.165) is 16.5 Å². The monoisotopic (exact) mass is 176 g/mol. The fourth-order valence-corrected chi connectivity index (χ4v) is 1.30. The third-order valence-electron chi connectivity index (χ3n) is 1.72. The number of hydrogen-bond donors (Lipinski definition) is 0. The van der Waals surface area contributed by atoms with Crippen LogP contribution in [0.3, 0.4) is 0 Å². The lowest BCUT2D eigenvalue weighted by Gasteiger charge is -1.97. The Labute approximate surface area is 76.0 Å². The van der Waals surface area contributed by atoms with Crippen molar-refractivity contribution in [3.8, 4) is 0 Å². The highest BCUT2D eigenvalue weighted by atomic mass is 35.5. The molecule has 0 saturated heterocycles. The van der Waals surface area contributed by atoms with E-state index in [1.165, 1.54) is 0 Å². The maximum atomic E-state index is 5.73. The van der Waals surface area contributed by atoms with Crippen molar-refractivity contribution < 1.29 is 0 Å². The van der Waals surface area contributed by atoms with Crippen LogP contribution in [0.1, 0.15) is 5.56 Å². The Balaban J connectivity index is 2.79. The van der Waals surface area contributed by atoms with Crippen molar-refractivity contribution in [3.63, 3.8) is 0 Å². The molecule has 2 aromatic rings. The molecule has 0 N–H and O–H groups in total. The van der Waals surface area contributed by atoms with Gasteiger partial charge in [-0.05, 0) is 36.8 Å². The lowest BCUT2D eigenvalue weighted by atomic mass is 10.1. The van der Waals surface area contributed by atoms with E-state index >= 15 is 0 Å². The van der Waals surface area contributed by atoms with Crippen molar-refractivity contribution in [2.24, 2.45) is 0 Å². The molecule has 2 rings (SSSR count). The highest BCUT2D eigenvalue weighted by Gasteiger charge is 1.95. The Hall–Kier alpha value is -1.08. The van der Waals surface area contributed by atoms with Gasteiger partial charge in [-0.2, -0.15) is 0 Å². The molecule has 12 heavy (non-hydrogen) atoms. The van der Waals surface area contributed by atoms with Gasteiger partial charge in [0.15, 0.2) is 0 Å². The zero-order valence-corrected chi connectivity index (χ0v) is 7.17. The molecule has 1 aromatic heterocycles. The van der Waals surface area contributed by atoms with Gasteiger partial charge in [0.2, 0.25) is 0 Å². The van der Waals surface area contributed by atoms with E-state index in [0.29, 0.717) is 5.15 Å². The van der Waals surface area contributed by atoms with Crippen LogP contribution < -0.4 is 0 Å². The summed E-state index contributed by atoms with van der Waals surface area (Å²) in [5, 5.41) is 1.60. The molecule has 0 amide bonds. The Bertz CT molecular complexity index is 382. The number of rotatable bonds is 0. The van der Waals surface area contributed by atoms with Crippen LogP contribution in [0, 0.1) is 6.92 Å². The molecular weight excluding hydrogens is 170 g/mol. The molecule has 59 valence electrons. The lowest BCUT2D eigenvalue weighted by molar-refractivity contribution is 1.41. The molecule has 0 spiro atoms. The van der Waals surface area contributed by atoms with Gasteiger partial charge in [-0.15, -0.1) is 0 Å². The quantitative estimate of drug-likeness (QED) is 0.563. The molecule has 0 bridgehead atoms. The van der Waals surface area contributed by atoms with Gasteiger partial charge in [0.1, 0.15) is 5.15 Å². The van der Waals surface area contributed by atoms with E-state index in [-0.39, 0.29) is 0 Å². The summed E-state index contributed by atoms with van der Waals surface area (Å²) in [6.45, 7) is 3.83. The van der Waals surface area contributed by atoms with Crippen LogP contribution >= 0.6 is 11.6 Å². The third kappa shape index (κ3) is 1.28. The maximum Gasteiger partial charge on any atom is 0.129 e. The van der Waals surface area contributed by atoms with Gasteiger partial charge < -0.3 is 0 Å². The summed E-state index contributed by atoms with van der Waals surface area (Å²) in [5.74, 6) is 0. The Morgan fingerprint density at radius 3 is 2.83 bits per heavy atom. The van der Waals surface area contributed by atoms with Crippen LogP contribution in [0.5, 0.6) is 0 Å². The molecule has 0 aliphatic heterocycles. The normalized spacial score (nSPS) is 10.5. The minimum absolute atomic E-state index is 0.527. The summed E-state index contributed by atoms with van der Waals surface area (Å²) >= 11 is 5.73. The maximum absolute atomic E-state index is 5.73. The first-order chi connectivity index (χ1) is 5.75. The van der Waals surface area contributed by atoms with Crippen LogP contribution in [-0.4, -0.2) is 4.98 Å². The number of hydrogen-bond acceptors (Lipinski definition) is 1. The Morgan fingerprint density at radius 2 is 2.00 bits per heavy atom. The zero-order valence-electron chi connectivity index (χ0n) is 6.42. The average Bonchev–Trinajstić information content (AvgIpc) is 2.05. The molecule has 0 saturated carbocycles. The summed E-state index contributed by atoms with van der Waals surface area (Å²) < 4.78 is 0. The predicted octanol–water partition coefficient (Wildman–Crippen LogP) is 3.07. The van der Waals surface area contributed by atoms with Crippen LogP contribution in [0.2, 0.25) is 5.15 Å². The second-order valence-electron chi connectivity index (χ2n) is 2.66. The first-order valence-corrected chi connectivity index (χ1v) is 4.02. The van der Waals surface area contributed by atoms with Crippen molar-refractivity contribution in [2.75, 3.05) is 0 Å². The molecule has 1 radical (unpaired) electrons. The molecule has 0 atom stereocenters. The first kappa shape index (κ1) is 7.56. The number of benzene rings is 1. The number of aromatic nitrogens is 1. The smallest absolute Gasteiger partial charge is 0.129 e. The van der Waals surface area contributed by atoms with E-state index in [1.807, 2.05) is 24.3 Å². The van der Waals surface area contributed by atoms with Crippen molar-refractivity contribution >= 4 is 22.5 Å². The molecule has 0 fully saturated rings. The molecular formula is C10H7ClN. The fraction of sp³-hybridized carbons (Fsp3) is 0. The van der Waals surface area contributed by atoms with Crippen LogP contribution in [0.4, 0.5) is 0 Å². The van der Waals surface area contributed by atoms with E-state index < -0.39 is 0 Å². The van der Waals surface area contributed by atoms with Crippen molar-refractivity contribution in [2.45, 2.75) is 0 Å². The summed E-state index contributed by atoms with van der Waals surface area (Å²) in [5.41, 5.74) is 1.90. The second-order valence-corrected chi connectivity index (χ2v) is 3.05. The minimum atomic E-state index is 0.527. The average molecular weight is 177 g/mol. The lowest BCUT2D eigenvalue weighted by Crippen LogP contribution is -1.79. The molecule has 0 aliphatic rings. The van der Waals surface area contributed by atoms with E-state index in [4.69, 9.17) is 11.6 Å². The minimum Gasteiger partial charge on any atom is -0.236 e. The van der Waals surface area contributed by atoms with Crippen molar-refractivity contribution in [1.82, 2.24) is 4.98 Å². The number of halogens is 1. The number of nitrogens with zero attached hydrogens (tertiary/aromatic N) is 1. The highest BCUT2D eigenvalue weighted by Crippen LogP contribution is 2.16. The van der Waals surface area contributed by atoms with Gasteiger partial charge in [0.05, 0.1) is 5.52 Å². The molecule has 2 heteroatoms. The molecule has 1 heterocycles. The molecule has 0 aliphatic carbocycles. The fourth-order valence-electron chi connectivity index (χ4n) is 1.15. The topological polar surface area (TPSA) is 12.9 Å². The van der Waals surface area contributed by atoms with Gasteiger partial charge in [-0.3, -0.25) is 0 Å². The van der Waals surface area contributed by atoms with Crippen molar-refractivity contribution in [1.29, 1.82) is 0 Å². The van der Waals surface area contributed by atoms with E-state index in [9.17, 15) is 0 Å². The van der Waals surface area contributed by atoms with Crippen LogP contribution in [0.25, 0.3) is 10.9 Å². The summed E-state index contributed by atoms with van der Waals surface area (Å²) in [6.07, 6.45) is 0. The largest absolute Gasteiger partial charge is 0.236 e. The third-order valence-corrected chi connectivity index (χ3v) is 1.93. The van der Waals surface area contributed by atoms with E-state index in [1.54, 1.807) is 6.07 Å². The SMILES string of the molecule is [CH2]c1ccc2nc(Cl)ccc2c1. The first-order valence-electron chi connectivity index (χ1n) is 3.64. The Kier molecular flexibility index (Phi) is 1.74. The van der Waals surface area contributed by atoms with Gasteiger partial charge in [-0.1, -0.05) is 17.7 Å². The Morgan fingerprint density at radius 1 is 1.17 bits per heavy atom. The summed E-state index contributed by atoms with van der Waals surface area (Å²) in [7, 11) is 0. The van der Waals surface area contributed by atoms with E-state index in [2.05, 4.69) is 11.9 Å².